The summed E-state index contributed by atoms with van der Waals surface area (Å²) in [6.45, 7) is 0.271. The van der Waals surface area contributed by atoms with E-state index in [1.165, 1.54) is 0 Å². The second-order valence-electron chi connectivity index (χ2n) is 5.73. The predicted octanol–water partition coefficient (Wildman–Crippen LogP) is 3.16. The van der Waals surface area contributed by atoms with Crippen LogP contribution in [0.5, 0.6) is 5.75 Å². The van der Waals surface area contributed by atoms with Crippen LogP contribution in [0.15, 0.2) is 59.4 Å². The Bertz CT molecular complexity index is 1070. The van der Waals surface area contributed by atoms with Crippen LogP contribution in [0.2, 0.25) is 0 Å². The molecule has 4 rings (SSSR count). The quantitative estimate of drug-likeness (QED) is 0.578. The molecule has 7 heteroatoms. The van der Waals surface area contributed by atoms with Gasteiger partial charge in [0.25, 0.3) is 5.91 Å². The highest BCUT2D eigenvalue weighted by Crippen LogP contribution is 2.24. The molecule has 26 heavy (non-hydrogen) atoms. The van der Waals surface area contributed by atoms with Gasteiger partial charge in [0.1, 0.15) is 11.4 Å². The minimum atomic E-state index is -0.188. The molecule has 0 spiro atoms. The number of fused-ring (bicyclic) bond motifs is 1. The van der Waals surface area contributed by atoms with Crippen LogP contribution < -0.4 is 10.1 Å². The van der Waals surface area contributed by atoms with Crippen molar-refractivity contribution in [3.05, 3.63) is 66.1 Å². The Balaban J connectivity index is 1.44. The fourth-order valence-corrected chi connectivity index (χ4v) is 2.66. The largest absolute Gasteiger partial charge is 0.497 e. The highest BCUT2D eigenvalue weighted by atomic mass is 16.5. The number of aromatic amines is 1. The van der Waals surface area contributed by atoms with Crippen LogP contribution >= 0.6 is 0 Å². The van der Waals surface area contributed by atoms with E-state index in [1.807, 2.05) is 24.3 Å². The van der Waals surface area contributed by atoms with E-state index in [1.54, 1.807) is 37.7 Å². The van der Waals surface area contributed by atoms with E-state index in [9.17, 15) is 4.79 Å². The van der Waals surface area contributed by atoms with Crippen molar-refractivity contribution in [2.45, 2.75) is 6.54 Å². The van der Waals surface area contributed by atoms with Crippen molar-refractivity contribution in [1.29, 1.82) is 0 Å². The maximum Gasteiger partial charge on any atom is 0.251 e. The number of hydrogen-bond acceptors (Lipinski definition) is 5. The molecule has 0 saturated carbocycles. The van der Waals surface area contributed by atoms with Crippen LogP contribution in [0.1, 0.15) is 16.1 Å². The molecule has 0 aliphatic rings. The maximum atomic E-state index is 12.3. The van der Waals surface area contributed by atoms with Gasteiger partial charge in [0.15, 0.2) is 5.76 Å². The molecule has 0 saturated heterocycles. The molecule has 0 aliphatic heterocycles. The summed E-state index contributed by atoms with van der Waals surface area (Å²) >= 11 is 0. The lowest BCUT2D eigenvalue weighted by atomic mass is 10.1. The summed E-state index contributed by atoms with van der Waals surface area (Å²) in [5.74, 6) is 1.17. The van der Waals surface area contributed by atoms with Crippen molar-refractivity contribution < 1.29 is 14.1 Å². The van der Waals surface area contributed by atoms with Gasteiger partial charge in [-0.05, 0) is 30.3 Å². The first-order valence-corrected chi connectivity index (χ1v) is 8.04. The first kappa shape index (κ1) is 15.9. The zero-order chi connectivity index (χ0) is 17.9. The maximum absolute atomic E-state index is 12.3. The highest BCUT2D eigenvalue weighted by molar-refractivity contribution is 5.97. The number of H-pyrrole nitrogens is 1. The molecule has 130 valence electrons. The average molecular weight is 348 g/mol. The molecule has 0 radical (unpaired) electrons. The molecule has 4 aromatic rings. The van der Waals surface area contributed by atoms with E-state index in [-0.39, 0.29) is 12.5 Å². The molecule has 2 aromatic carbocycles. The van der Waals surface area contributed by atoms with E-state index < -0.39 is 0 Å². The Morgan fingerprint density at radius 1 is 1.23 bits per heavy atom. The third-order valence-electron chi connectivity index (χ3n) is 4.03. The Kier molecular flexibility index (Phi) is 4.10. The summed E-state index contributed by atoms with van der Waals surface area (Å²) in [4.78, 5) is 19.5. The van der Waals surface area contributed by atoms with Crippen LogP contribution in [0.3, 0.4) is 0 Å². The highest BCUT2D eigenvalue weighted by Gasteiger charge is 2.11. The van der Waals surface area contributed by atoms with Crippen LogP contribution in [-0.4, -0.2) is 28.1 Å². The summed E-state index contributed by atoms with van der Waals surface area (Å²) < 4.78 is 10.6. The Morgan fingerprint density at radius 3 is 3.04 bits per heavy atom. The Morgan fingerprint density at radius 2 is 2.15 bits per heavy atom. The van der Waals surface area contributed by atoms with Gasteiger partial charge in [-0.1, -0.05) is 17.3 Å². The standard InChI is InChI=1S/C19H16N4O3/c1-25-15-4-2-3-12(7-15)18-9-14(23-26-18)10-20-19(24)13-5-6-16-17(8-13)22-11-21-16/h2-9,11H,10H2,1H3,(H,20,24)(H,21,22). The second kappa shape index (κ2) is 6.72. The topological polar surface area (TPSA) is 93.0 Å². The number of nitrogens with zero attached hydrogens (tertiary/aromatic N) is 2. The summed E-state index contributed by atoms with van der Waals surface area (Å²) in [5, 5.41) is 6.85. The predicted molar refractivity (Wildman–Crippen MR) is 95.8 cm³/mol. The summed E-state index contributed by atoms with van der Waals surface area (Å²) in [6.07, 6.45) is 1.60. The van der Waals surface area contributed by atoms with Gasteiger partial charge in [0.05, 0.1) is 31.0 Å². The zero-order valence-corrected chi connectivity index (χ0v) is 14.0. The van der Waals surface area contributed by atoms with Gasteiger partial charge in [0.2, 0.25) is 0 Å². The van der Waals surface area contributed by atoms with E-state index in [2.05, 4.69) is 20.4 Å². The van der Waals surface area contributed by atoms with Gasteiger partial charge in [-0.3, -0.25) is 4.79 Å². The first-order chi connectivity index (χ1) is 12.7. The summed E-state index contributed by atoms with van der Waals surface area (Å²) in [7, 11) is 1.61. The molecule has 0 fully saturated rings. The number of methoxy groups -OCH3 is 1. The number of carbonyl (C=O) groups excluding carboxylic acids is 1. The van der Waals surface area contributed by atoms with Crippen LogP contribution in [0.25, 0.3) is 22.4 Å². The third-order valence-corrected chi connectivity index (χ3v) is 4.03. The van der Waals surface area contributed by atoms with Crippen LogP contribution in [0.4, 0.5) is 0 Å². The minimum absolute atomic E-state index is 0.188. The Labute approximate surface area is 149 Å². The van der Waals surface area contributed by atoms with Crippen LogP contribution in [-0.2, 0) is 6.54 Å². The van der Waals surface area contributed by atoms with Gasteiger partial charge in [-0.2, -0.15) is 0 Å². The van der Waals surface area contributed by atoms with Gasteiger partial charge in [-0.15, -0.1) is 0 Å². The zero-order valence-electron chi connectivity index (χ0n) is 14.0. The van der Waals surface area contributed by atoms with Gasteiger partial charge in [-0.25, -0.2) is 4.98 Å². The molecule has 0 aliphatic carbocycles. The minimum Gasteiger partial charge on any atom is -0.497 e. The summed E-state index contributed by atoms with van der Waals surface area (Å²) in [5.41, 5.74) is 3.69. The number of hydrogen-bond donors (Lipinski definition) is 2. The van der Waals surface area contributed by atoms with Crippen molar-refractivity contribution in [2.24, 2.45) is 0 Å². The molecular formula is C19H16N4O3. The Hall–Kier alpha value is -3.61. The molecule has 2 aromatic heterocycles. The number of benzene rings is 2. The normalized spacial score (nSPS) is 10.8. The lowest BCUT2D eigenvalue weighted by molar-refractivity contribution is 0.0950. The number of carbonyl (C=O) groups is 1. The molecule has 1 amide bonds. The second-order valence-corrected chi connectivity index (χ2v) is 5.73. The monoisotopic (exact) mass is 348 g/mol. The van der Waals surface area contributed by atoms with E-state index in [0.717, 1.165) is 22.3 Å². The number of rotatable bonds is 5. The molecule has 0 atom stereocenters. The molecule has 0 bridgehead atoms. The number of imidazole rings is 1. The lowest BCUT2D eigenvalue weighted by Crippen LogP contribution is -2.22. The number of aromatic nitrogens is 3. The van der Waals surface area contributed by atoms with Crippen molar-refractivity contribution in [2.75, 3.05) is 7.11 Å². The number of amides is 1. The SMILES string of the molecule is COc1cccc(-c2cc(CNC(=O)c3ccc4nc[nH]c4c3)no2)c1. The van der Waals surface area contributed by atoms with E-state index in [0.29, 0.717) is 17.0 Å². The molecule has 7 nitrogen and oxygen atoms in total. The molecule has 2 heterocycles. The fraction of sp³-hybridized carbons (Fsp3) is 0.105. The van der Waals surface area contributed by atoms with Crippen molar-refractivity contribution in [1.82, 2.24) is 20.4 Å². The van der Waals surface area contributed by atoms with Gasteiger partial charge < -0.3 is 19.6 Å². The van der Waals surface area contributed by atoms with Crippen molar-refractivity contribution in [3.8, 4) is 17.1 Å². The van der Waals surface area contributed by atoms with E-state index >= 15 is 0 Å². The molecule has 2 N–H and O–H groups in total. The lowest BCUT2D eigenvalue weighted by Gasteiger charge is -2.03. The average Bonchev–Trinajstić information content (AvgIpc) is 3.34. The van der Waals surface area contributed by atoms with Crippen molar-refractivity contribution >= 4 is 16.9 Å². The fourth-order valence-electron chi connectivity index (χ4n) is 2.66. The first-order valence-electron chi connectivity index (χ1n) is 8.04. The van der Waals surface area contributed by atoms with E-state index in [4.69, 9.17) is 9.26 Å². The molecular weight excluding hydrogens is 332 g/mol. The van der Waals surface area contributed by atoms with Crippen molar-refractivity contribution in [3.63, 3.8) is 0 Å². The summed E-state index contributed by atoms with van der Waals surface area (Å²) in [6, 6.07) is 14.6. The van der Waals surface area contributed by atoms with Gasteiger partial charge >= 0.3 is 0 Å². The number of nitrogens with one attached hydrogen (secondary N) is 2. The van der Waals surface area contributed by atoms with Gasteiger partial charge in [0, 0.05) is 17.2 Å². The third kappa shape index (κ3) is 3.14. The molecule has 0 unspecified atom stereocenters. The number of ether oxygens (including phenoxy) is 1. The van der Waals surface area contributed by atoms with Crippen LogP contribution in [0, 0.1) is 0 Å². The smallest absolute Gasteiger partial charge is 0.251 e.